The lowest BCUT2D eigenvalue weighted by Gasteiger charge is -2.33. The standard InChI is InChI=1S/C18H27N7O2/c1-13-6-11-27-15(13)17(26)20-7-3-8-21-18(19-2)25-9-4-14(5-10-25)16-22-12-23-24-16/h6,11-12,14H,3-5,7-10H2,1-2H3,(H,19,21)(H,20,26)(H,22,23,24). The van der Waals surface area contributed by atoms with E-state index >= 15 is 0 Å². The Balaban J connectivity index is 1.35. The van der Waals surface area contributed by atoms with Gasteiger partial charge in [-0.05, 0) is 32.3 Å². The Kier molecular flexibility index (Phi) is 6.45. The number of guanidine groups is 1. The van der Waals surface area contributed by atoms with Crippen molar-refractivity contribution in [3.05, 3.63) is 35.8 Å². The molecule has 0 saturated carbocycles. The minimum atomic E-state index is -0.170. The number of aromatic nitrogens is 3. The molecule has 1 saturated heterocycles. The maximum absolute atomic E-state index is 12.0. The lowest BCUT2D eigenvalue weighted by Crippen LogP contribution is -2.46. The van der Waals surface area contributed by atoms with Gasteiger partial charge in [-0.3, -0.25) is 14.9 Å². The second kappa shape index (κ2) is 9.20. The summed E-state index contributed by atoms with van der Waals surface area (Å²) >= 11 is 0. The number of carbonyl (C=O) groups excluding carboxylic acids is 1. The third-order valence-corrected chi connectivity index (χ3v) is 4.82. The van der Waals surface area contributed by atoms with Crippen LogP contribution in [0.1, 0.15) is 47.1 Å². The van der Waals surface area contributed by atoms with E-state index in [1.54, 1.807) is 19.4 Å². The van der Waals surface area contributed by atoms with Crippen LogP contribution < -0.4 is 10.6 Å². The highest BCUT2D eigenvalue weighted by Crippen LogP contribution is 2.24. The number of piperidine rings is 1. The maximum Gasteiger partial charge on any atom is 0.287 e. The molecule has 0 spiro atoms. The van der Waals surface area contributed by atoms with Crippen molar-refractivity contribution in [1.29, 1.82) is 0 Å². The average molecular weight is 373 g/mol. The van der Waals surface area contributed by atoms with Crippen molar-refractivity contribution in [2.75, 3.05) is 33.2 Å². The highest BCUT2D eigenvalue weighted by atomic mass is 16.3. The van der Waals surface area contributed by atoms with Gasteiger partial charge in [0.05, 0.1) is 6.26 Å². The van der Waals surface area contributed by atoms with E-state index in [0.717, 1.165) is 56.2 Å². The third-order valence-electron chi connectivity index (χ3n) is 4.82. The molecule has 146 valence electrons. The number of carbonyl (C=O) groups is 1. The van der Waals surface area contributed by atoms with E-state index in [1.807, 2.05) is 6.92 Å². The molecule has 0 bridgehead atoms. The zero-order valence-electron chi connectivity index (χ0n) is 15.9. The van der Waals surface area contributed by atoms with Crippen LogP contribution in [0.2, 0.25) is 0 Å². The smallest absolute Gasteiger partial charge is 0.287 e. The van der Waals surface area contributed by atoms with Gasteiger partial charge in [-0.15, -0.1) is 0 Å². The Morgan fingerprint density at radius 3 is 2.78 bits per heavy atom. The molecule has 3 rings (SSSR count). The molecule has 3 N–H and O–H groups in total. The van der Waals surface area contributed by atoms with Crippen LogP contribution in [0, 0.1) is 6.92 Å². The summed E-state index contributed by atoms with van der Waals surface area (Å²) < 4.78 is 5.19. The van der Waals surface area contributed by atoms with Gasteiger partial charge in [-0.25, -0.2) is 4.98 Å². The number of amides is 1. The van der Waals surface area contributed by atoms with Crippen LogP contribution >= 0.6 is 0 Å². The Bertz CT molecular complexity index is 746. The van der Waals surface area contributed by atoms with E-state index in [1.165, 1.54) is 6.26 Å². The molecule has 1 fully saturated rings. The summed E-state index contributed by atoms with van der Waals surface area (Å²) in [6.45, 7) is 5.04. The molecule has 0 aliphatic carbocycles. The Morgan fingerprint density at radius 1 is 1.37 bits per heavy atom. The predicted octanol–water partition coefficient (Wildman–Crippen LogP) is 1.28. The van der Waals surface area contributed by atoms with E-state index in [0.29, 0.717) is 18.2 Å². The Morgan fingerprint density at radius 2 is 2.15 bits per heavy atom. The van der Waals surface area contributed by atoms with Gasteiger partial charge in [0, 0.05) is 44.7 Å². The van der Waals surface area contributed by atoms with Crippen LogP contribution in [0.4, 0.5) is 0 Å². The first-order chi connectivity index (χ1) is 13.2. The molecule has 0 atom stereocenters. The summed E-state index contributed by atoms with van der Waals surface area (Å²) in [5.41, 5.74) is 0.847. The number of aryl methyl sites for hydroxylation is 1. The van der Waals surface area contributed by atoms with Gasteiger partial charge in [0.1, 0.15) is 12.2 Å². The molecule has 0 unspecified atom stereocenters. The van der Waals surface area contributed by atoms with Gasteiger partial charge in [0.25, 0.3) is 5.91 Å². The molecule has 1 aliphatic heterocycles. The number of aromatic amines is 1. The number of hydrogen-bond acceptors (Lipinski definition) is 5. The Hall–Kier alpha value is -2.84. The molecule has 27 heavy (non-hydrogen) atoms. The van der Waals surface area contributed by atoms with Gasteiger partial charge in [-0.2, -0.15) is 5.10 Å². The van der Waals surface area contributed by atoms with Gasteiger partial charge in [0.15, 0.2) is 11.7 Å². The van der Waals surface area contributed by atoms with Crippen LogP contribution in [0.15, 0.2) is 28.1 Å². The minimum absolute atomic E-state index is 0.170. The van der Waals surface area contributed by atoms with Crippen LogP contribution in [0.5, 0.6) is 0 Å². The minimum Gasteiger partial charge on any atom is -0.459 e. The Labute approximate surface area is 158 Å². The summed E-state index contributed by atoms with van der Waals surface area (Å²) in [4.78, 5) is 22.9. The monoisotopic (exact) mass is 373 g/mol. The van der Waals surface area contributed by atoms with Crippen LogP contribution in [-0.4, -0.2) is 65.2 Å². The van der Waals surface area contributed by atoms with Gasteiger partial charge >= 0.3 is 0 Å². The lowest BCUT2D eigenvalue weighted by atomic mass is 9.96. The van der Waals surface area contributed by atoms with E-state index < -0.39 is 0 Å². The molecule has 2 aromatic heterocycles. The molecule has 2 aromatic rings. The largest absolute Gasteiger partial charge is 0.459 e. The second-order valence-electron chi connectivity index (χ2n) is 6.65. The van der Waals surface area contributed by atoms with Crippen molar-refractivity contribution in [1.82, 2.24) is 30.7 Å². The summed E-state index contributed by atoms with van der Waals surface area (Å²) in [6.07, 6.45) is 5.94. The molecule has 0 radical (unpaired) electrons. The highest BCUT2D eigenvalue weighted by molar-refractivity contribution is 5.92. The third kappa shape index (κ3) is 4.87. The molecule has 1 amide bonds. The lowest BCUT2D eigenvalue weighted by molar-refractivity contribution is 0.0925. The number of aliphatic imine (C=N–C) groups is 1. The number of furan rings is 1. The number of nitrogens with one attached hydrogen (secondary N) is 3. The summed E-state index contributed by atoms with van der Waals surface area (Å²) in [5, 5.41) is 13.2. The zero-order chi connectivity index (χ0) is 19.1. The number of nitrogens with zero attached hydrogens (tertiary/aromatic N) is 4. The second-order valence-corrected chi connectivity index (χ2v) is 6.65. The first kappa shape index (κ1) is 18.9. The molecule has 0 aromatic carbocycles. The quantitative estimate of drug-likeness (QED) is 0.400. The molecule has 1 aliphatic rings. The number of hydrogen-bond donors (Lipinski definition) is 3. The van der Waals surface area contributed by atoms with Gasteiger partial charge in [-0.1, -0.05) is 0 Å². The van der Waals surface area contributed by atoms with Gasteiger partial charge in [0.2, 0.25) is 0 Å². The molecular formula is C18H27N7O2. The zero-order valence-corrected chi connectivity index (χ0v) is 15.9. The average Bonchev–Trinajstić information content (AvgIpc) is 3.36. The van der Waals surface area contributed by atoms with Crippen LogP contribution in [0.25, 0.3) is 0 Å². The van der Waals surface area contributed by atoms with Crippen molar-refractivity contribution in [2.45, 2.75) is 32.1 Å². The van der Waals surface area contributed by atoms with E-state index in [4.69, 9.17) is 4.42 Å². The van der Waals surface area contributed by atoms with Crippen molar-refractivity contribution in [3.8, 4) is 0 Å². The highest BCUT2D eigenvalue weighted by Gasteiger charge is 2.24. The van der Waals surface area contributed by atoms with E-state index in [2.05, 4.69) is 35.7 Å². The fourth-order valence-corrected chi connectivity index (χ4v) is 3.28. The van der Waals surface area contributed by atoms with Crippen LogP contribution in [-0.2, 0) is 0 Å². The van der Waals surface area contributed by atoms with E-state index in [-0.39, 0.29) is 5.91 Å². The molecular weight excluding hydrogens is 346 g/mol. The normalized spacial score (nSPS) is 15.8. The van der Waals surface area contributed by atoms with Crippen molar-refractivity contribution in [2.24, 2.45) is 4.99 Å². The topological polar surface area (TPSA) is 111 Å². The molecule has 9 heteroatoms. The summed E-state index contributed by atoms with van der Waals surface area (Å²) in [5.74, 6) is 2.52. The summed E-state index contributed by atoms with van der Waals surface area (Å²) in [7, 11) is 1.80. The fraction of sp³-hybridized carbons (Fsp3) is 0.556. The first-order valence-electron chi connectivity index (χ1n) is 9.32. The van der Waals surface area contributed by atoms with Crippen LogP contribution in [0.3, 0.4) is 0 Å². The maximum atomic E-state index is 12.0. The first-order valence-corrected chi connectivity index (χ1v) is 9.32. The van der Waals surface area contributed by atoms with Crippen molar-refractivity contribution < 1.29 is 9.21 Å². The fourth-order valence-electron chi connectivity index (χ4n) is 3.28. The number of H-pyrrole nitrogens is 1. The van der Waals surface area contributed by atoms with Crippen molar-refractivity contribution in [3.63, 3.8) is 0 Å². The van der Waals surface area contributed by atoms with E-state index in [9.17, 15) is 4.79 Å². The molecule has 3 heterocycles. The summed E-state index contributed by atoms with van der Waals surface area (Å²) in [6, 6.07) is 1.78. The van der Waals surface area contributed by atoms with Crippen molar-refractivity contribution >= 4 is 11.9 Å². The van der Waals surface area contributed by atoms with Gasteiger partial charge < -0.3 is 20.0 Å². The number of likely N-dealkylation sites (tertiary alicyclic amines) is 1. The number of rotatable bonds is 6. The predicted molar refractivity (Wildman–Crippen MR) is 102 cm³/mol. The molecule has 9 nitrogen and oxygen atoms in total. The SMILES string of the molecule is CN=C(NCCCNC(=O)c1occc1C)N1CCC(c2ncn[nH]2)CC1.